The number of nitrogens with one attached hydrogen (secondary N) is 1. The molecule has 1 heterocycles. The molecule has 0 spiro atoms. The Kier molecular flexibility index (Phi) is 6.72. The Morgan fingerprint density at radius 3 is 2.75 bits per heavy atom. The lowest BCUT2D eigenvalue weighted by Gasteiger charge is -2.50. The Hall–Kier alpha value is -2.57. The number of hydrogen-bond donors (Lipinski definition) is 1. The van der Waals surface area contributed by atoms with Crippen molar-refractivity contribution in [3.63, 3.8) is 0 Å². The van der Waals surface area contributed by atoms with Crippen LogP contribution >= 0.6 is 0 Å². The van der Waals surface area contributed by atoms with Crippen LogP contribution in [0.25, 0.3) is 0 Å². The minimum absolute atomic E-state index is 0.0612. The third-order valence-corrected chi connectivity index (χ3v) is 7.15. The predicted octanol–water partition coefficient (Wildman–Crippen LogP) is 3.56. The molecule has 1 fully saturated rings. The number of hydrogen-bond acceptors (Lipinski definition) is 5. The zero-order chi connectivity index (χ0) is 22.7. The van der Waals surface area contributed by atoms with Crippen molar-refractivity contribution in [3.05, 3.63) is 58.7 Å². The first-order chi connectivity index (χ1) is 15.5. The maximum Gasteiger partial charge on any atom is 0.251 e. The number of methoxy groups -OCH3 is 3. The lowest BCUT2D eigenvalue weighted by atomic mass is 9.65. The van der Waals surface area contributed by atoms with E-state index >= 15 is 0 Å². The summed E-state index contributed by atoms with van der Waals surface area (Å²) in [6.45, 7) is 5.60. The number of likely N-dealkylation sites (tertiary alicyclic amines) is 1. The number of carbonyl (C=O) groups excluding carboxylic acids is 1. The minimum atomic E-state index is -0.0612. The summed E-state index contributed by atoms with van der Waals surface area (Å²) < 4.78 is 16.0. The summed E-state index contributed by atoms with van der Waals surface area (Å²) in [6.07, 6.45) is 3.28. The van der Waals surface area contributed by atoms with Crippen molar-refractivity contribution in [2.24, 2.45) is 0 Å². The summed E-state index contributed by atoms with van der Waals surface area (Å²) in [5, 5.41) is 3.05. The van der Waals surface area contributed by atoms with Gasteiger partial charge in [0.2, 0.25) is 0 Å². The fraction of sp³-hybridized carbons (Fsp3) is 0.500. The zero-order valence-corrected chi connectivity index (χ0v) is 19.6. The summed E-state index contributed by atoms with van der Waals surface area (Å²) in [5.74, 6) is 1.37. The van der Waals surface area contributed by atoms with Crippen molar-refractivity contribution in [1.82, 2.24) is 10.2 Å². The van der Waals surface area contributed by atoms with E-state index in [9.17, 15) is 4.79 Å². The average Bonchev–Trinajstić information content (AvgIpc) is 2.81. The van der Waals surface area contributed by atoms with Gasteiger partial charge in [0.1, 0.15) is 11.5 Å². The molecule has 1 aliphatic heterocycles. The van der Waals surface area contributed by atoms with E-state index in [-0.39, 0.29) is 11.3 Å². The molecule has 32 heavy (non-hydrogen) atoms. The second kappa shape index (κ2) is 9.51. The van der Waals surface area contributed by atoms with Crippen molar-refractivity contribution in [1.29, 1.82) is 0 Å². The Labute approximate surface area is 190 Å². The lowest BCUT2D eigenvalue weighted by Crippen LogP contribution is -2.52. The van der Waals surface area contributed by atoms with Crippen molar-refractivity contribution >= 4 is 5.91 Å². The summed E-state index contributed by atoms with van der Waals surface area (Å²) in [6, 6.07) is 12.4. The van der Waals surface area contributed by atoms with Crippen LogP contribution in [0.5, 0.6) is 11.5 Å². The van der Waals surface area contributed by atoms with E-state index in [1.165, 1.54) is 11.1 Å². The molecular weight excluding hydrogens is 404 g/mol. The van der Waals surface area contributed by atoms with Gasteiger partial charge in [-0.25, -0.2) is 0 Å². The smallest absolute Gasteiger partial charge is 0.251 e. The molecule has 6 nitrogen and oxygen atoms in total. The summed E-state index contributed by atoms with van der Waals surface area (Å²) in [5.41, 5.74) is 4.47. The van der Waals surface area contributed by atoms with Gasteiger partial charge in [-0.05, 0) is 66.6 Å². The van der Waals surface area contributed by atoms with Gasteiger partial charge < -0.3 is 19.5 Å². The number of ether oxygens (including phenoxy) is 3. The molecule has 2 aromatic rings. The SMILES string of the molecule is COCCN1CC[C@]2(C)C[C@H]1Cc1ccc(C(=O)NCc3ccc(OC)cc3OC)cc12. The summed E-state index contributed by atoms with van der Waals surface area (Å²) >= 11 is 0. The molecule has 6 heteroatoms. The van der Waals surface area contributed by atoms with Gasteiger partial charge in [-0.15, -0.1) is 0 Å². The minimum Gasteiger partial charge on any atom is -0.497 e. The number of piperidine rings is 1. The number of rotatable bonds is 8. The normalized spacial score (nSPS) is 22.2. The molecule has 0 saturated carbocycles. The highest BCUT2D eigenvalue weighted by Crippen LogP contribution is 2.44. The molecule has 172 valence electrons. The van der Waals surface area contributed by atoms with E-state index in [2.05, 4.69) is 29.3 Å². The van der Waals surface area contributed by atoms with E-state index in [0.717, 1.165) is 55.8 Å². The van der Waals surface area contributed by atoms with Crippen LogP contribution in [0.2, 0.25) is 0 Å². The molecule has 1 saturated heterocycles. The monoisotopic (exact) mass is 438 g/mol. The second-order valence-corrected chi connectivity index (χ2v) is 9.13. The molecule has 0 unspecified atom stereocenters. The maximum atomic E-state index is 13.0. The van der Waals surface area contributed by atoms with Crippen molar-refractivity contribution in [2.75, 3.05) is 41.0 Å². The second-order valence-electron chi connectivity index (χ2n) is 9.13. The molecule has 0 aromatic heterocycles. The van der Waals surface area contributed by atoms with Gasteiger partial charge in [-0.1, -0.05) is 13.0 Å². The lowest BCUT2D eigenvalue weighted by molar-refractivity contribution is 0.0595. The van der Waals surface area contributed by atoms with E-state index in [0.29, 0.717) is 18.3 Å². The van der Waals surface area contributed by atoms with Gasteiger partial charge in [0, 0.05) is 43.4 Å². The first-order valence-electron chi connectivity index (χ1n) is 11.3. The third-order valence-electron chi connectivity index (χ3n) is 7.15. The average molecular weight is 439 g/mol. The Bertz CT molecular complexity index is 976. The summed E-state index contributed by atoms with van der Waals surface area (Å²) in [7, 11) is 5.01. The molecular formula is C26H34N2O4. The van der Waals surface area contributed by atoms with Gasteiger partial charge in [-0.3, -0.25) is 9.69 Å². The number of carbonyl (C=O) groups is 1. The van der Waals surface area contributed by atoms with Crippen LogP contribution < -0.4 is 14.8 Å². The van der Waals surface area contributed by atoms with Gasteiger partial charge in [0.05, 0.1) is 20.8 Å². The van der Waals surface area contributed by atoms with Crippen LogP contribution in [0.3, 0.4) is 0 Å². The van der Waals surface area contributed by atoms with E-state index in [4.69, 9.17) is 14.2 Å². The van der Waals surface area contributed by atoms with E-state index in [1.54, 1.807) is 21.3 Å². The molecule has 1 aliphatic carbocycles. The molecule has 1 N–H and O–H groups in total. The molecule has 2 bridgehead atoms. The Morgan fingerprint density at radius 1 is 1.16 bits per heavy atom. The topological polar surface area (TPSA) is 60.0 Å². The number of fused-ring (bicyclic) bond motifs is 4. The van der Waals surface area contributed by atoms with Crippen LogP contribution in [0.15, 0.2) is 36.4 Å². The van der Waals surface area contributed by atoms with Crippen LogP contribution in [-0.4, -0.2) is 57.9 Å². The number of amides is 1. The standard InChI is InChI=1S/C26H34N2O4/c1-26-9-10-28(11-12-30-2)21(16-26)13-18-5-6-19(14-23(18)26)25(29)27-17-20-7-8-22(31-3)15-24(20)32-4/h5-8,14-15,21H,9-13,16-17H2,1-4H3,(H,27,29)/t21-,26-/m1/s1. The highest BCUT2D eigenvalue weighted by molar-refractivity contribution is 5.94. The van der Waals surface area contributed by atoms with Gasteiger partial charge in [0.15, 0.2) is 0 Å². The van der Waals surface area contributed by atoms with Crippen LogP contribution in [0.1, 0.15) is 46.8 Å². The Morgan fingerprint density at radius 2 is 2.00 bits per heavy atom. The fourth-order valence-electron chi connectivity index (χ4n) is 5.26. The molecule has 2 atom stereocenters. The van der Waals surface area contributed by atoms with Crippen molar-refractivity contribution in [2.45, 2.75) is 44.2 Å². The van der Waals surface area contributed by atoms with Crippen molar-refractivity contribution < 1.29 is 19.0 Å². The van der Waals surface area contributed by atoms with Crippen LogP contribution in [-0.2, 0) is 23.1 Å². The summed E-state index contributed by atoms with van der Waals surface area (Å²) in [4.78, 5) is 15.5. The number of nitrogens with zero attached hydrogens (tertiary/aromatic N) is 1. The largest absolute Gasteiger partial charge is 0.497 e. The van der Waals surface area contributed by atoms with Crippen LogP contribution in [0.4, 0.5) is 0 Å². The van der Waals surface area contributed by atoms with Crippen molar-refractivity contribution in [3.8, 4) is 11.5 Å². The molecule has 1 amide bonds. The molecule has 2 aromatic carbocycles. The first kappa shape index (κ1) is 22.6. The zero-order valence-electron chi connectivity index (χ0n) is 19.6. The fourth-order valence-corrected chi connectivity index (χ4v) is 5.26. The van der Waals surface area contributed by atoms with E-state index < -0.39 is 0 Å². The van der Waals surface area contributed by atoms with Gasteiger partial charge in [-0.2, -0.15) is 0 Å². The molecule has 4 rings (SSSR count). The van der Waals surface area contributed by atoms with Gasteiger partial charge >= 0.3 is 0 Å². The van der Waals surface area contributed by atoms with Gasteiger partial charge in [0.25, 0.3) is 5.91 Å². The highest BCUT2D eigenvalue weighted by Gasteiger charge is 2.42. The van der Waals surface area contributed by atoms with E-state index in [1.807, 2.05) is 24.3 Å². The number of benzene rings is 2. The quantitative estimate of drug-likeness (QED) is 0.683. The highest BCUT2D eigenvalue weighted by atomic mass is 16.5. The molecule has 2 aliphatic rings. The third kappa shape index (κ3) is 4.48. The molecule has 0 radical (unpaired) electrons. The maximum absolute atomic E-state index is 13.0. The Balaban J connectivity index is 1.48. The van der Waals surface area contributed by atoms with Crippen LogP contribution in [0, 0.1) is 0 Å². The first-order valence-corrected chi connectivity index (χ1v) is 11.3. The predicted molar refractivity (Wildman–Crippen MR) is 125 cm³/mol.